The van der Waals surface area contributed by atoms with Gasteiger partial charge < -0.3 is 10.4 Å². The molecule has 118 valence electrons. The van der Waals surface area contributed by atoms with Crippen LogP contribution in [0.15, 0.2) is 17.6 Å². The van der Waals surface area contributed by atoms with E-state index in [2.05, 4.69) is 10.3 Å². The topological polar surface area (TPSA) is 84.2 Å². The van der Waals surface area contributed by atoms with Crippen LogP contribution in [0.1, 0.15) is 35.1 Å². The van der Waals surface area contributed by atoms with Crippen LogP contribution in [-0.4, -0.2) is 33.1 Å². The molecule has 7 heteroatoms. The zero-order valence-corrected chi connectivity index (χ0v) is 13.6. The number of carboxylic acids is 1. The van der Waals surface area contributed by atoms with E-state index in [4.69, 9.17) is 5.11 Å². The van der Waals surface area contributed by atoms with Crippen molar-refractivity contribution in [1.29, 1.82) is 0 Å². The lowest BCUT2D eigenvalue weighted by molar-refractivity contribution is -0.137. The smallest absolute Gasteiger partial charge is 0.303 e. The minimum Gasteiger partial charge on any atom is -0.481 e. The van der Waals surface area contributed by atoms with Crippen LogP contribution in [0.3, 0.4) is 0 Å². The molecule has 0 aromatic carbocycles. The van der Waals surface area contributed by atoms with E-state index in [0.29, 0.717) is 12.1 Å². The fraction of sp³-hybridized carbons (Fsp3) is 0.400. The number of aryl methyl sites for hydroxylation is 1. The largest absolute Gasteiger partial charge is 0.481 e. The maximum atomic E-state index is 12.3. The summed E-state index contributed by atoms with van der Waals surface area (Å²) in [6.07, 6.45) is 1.77. The van der Waals surface area contributed by atoms with Crippen molar-refractivity contribution >= 4 is 23.2 Å². The Morgan fingerprint density at radius 2 is 2.18 bits per heavy atom. The zero-order valence-electron chi connectivity index (χ0n) is 12.8. The van der Waals surface area contributed by atoms with Crippen LogP contribution < -0.4 is 5.32 Å². The number of carbonyl (C=O) groups excluding carboxylic acids is 1. The quantitative estimate of drug-likeness (QED) is 0.855. The molecule has 0 spiro atoms. The number of aromatic nitrogens is 2. The van der Waals surface area contributed by atoms with E-state index in [-0.39, 0.29) is 18.2 Å². The Hall–Kier alpha value is -2.15. The summed E-state index contributed by atoms with van der Waals surface area (Å²) >= 11 is 1.51. The van der Waals surface area contributed by atoms with E-state index < -0.39 is 5.97 Å². The van der Waals surface area contributed by atoms with Crippen molar-refractivity contribution in [3.8, 4) is 5.13 Å². The van der Waals surface area contributed by atoms with Crippen LogP contribution >= 0.6 is 11.3 Å². The Morgan fingerprint density at radius 1 is 1.45 bits per heavy atom. The lowest BCUT2D eigenvalue weighted by Crippen LogP contribution is -2.29. The van der Waals surface area contributed by atoms with Gasteiger partial charge in [0.2, 0.25) is 0 Å². The van der Waals surface area contributed by atoms with Gasteiger partial charge in [0, 0.05) is 35.9 Å². The molecule has 0 fully saturated rings. The molecule has 0 saturated heterocycles. The molecule has 1 amide bonds. The third kappa shape index (κ3) is 3.54. The summed E-state index contributed by atoms with van der Waals surface area (Å²) in [4.78, 5) is 27.2. The lowest BCUT2D eigenvalue weighted by Gasteiger charge is -2.10. The molecule has 2 aromatic rings. The molecule has 0 bridgehead atoms. The Morgan fingerprint density at radius 3 is 2.77 bits per heavy atom. The molecule has 6 nitrogen and oxygen atoms in total. The average molecular weight is 321 g/mol. The van der Waals surface area contributed by atoms with Crippen LogP contribution in [0.25, 0.3) is 5.13 Å². The highest BCUT2D eigenvalue weighted by atomic mass is 32.1. The second-order valence-electron chi connectivity index (χ2n) is 5.35. The highest BCUT2D eigenvalue weighted by molar-refractivity contribution is 7.12. The Labute approximate surface area is 132 Å². The minimum absolute atomic E-state index is 0.0401. The first-order valence-corrected chi connectivity index (χ1v) is 7.87. The van der Waals surface area contributed by atoms with Gasteiger partial charge in [0.15, 0.2) is 5.13 Å². The van der Waals surface area contributed by atoms with Crippen LogP contribution in [0.2, 0.25) is 0 Å². The standard InChI is InChI=1S/C15H19N3O3S/c1-9(6-13(19)20)8-17-14(21)12-7-10(2)18(11(12)3)15-16-4-5-22-15/h4-5,7,9H,6,8H2,1-3H3,(H,17,21)(H,19,20). The third-order valence-electron chi connectivity index (χ3n) is 3.42. The molecule has 0 aliphatic rings. The summed E-state index contributed by atoms with van der Waals surface area (Å²) in [5, 5.41) is 14.2. The number of amides is 1. The number of aliphatic carboxylic acids is 1. The third-order valence-corrected chi connectivity index (χ3v) is 4.18. The predicted octanol–water partition coefficient (Wildman–Crippen LogP) is 2.39. The first-order valence-electron chi connectivity index (χ1n) is 6.99. The van der Waals surface area contributed by atoms with Crippen molar-refractivity contribution in [3.63, 3.8) is 0 Å². The number of thiazole rings is 1. The van der Waals surface area contributed by atoms with Crippen molar-refractivity contribution in [3.05, 3.63) is 34.6 Å². The highest BCUT2D eigenvalue weighted by Gasteiger charge is 2.18. The SMILES string of the molecule is Cc1cc(C(=O)NCC(C)CC(=O)O)c(C)n1-c1nccs1. The number of rotatable bonds is 6. The second kappa shape index (κ2) is 6.74. The number of carboxylic acid groups (broad SMARTS) is 1. The summed E-state index contributed by atoms with van der Waals surface area (Å²) in [5.41, 5.74) is 2.36. The van der Waals surface area contributed by atoms with Crippen LogP contribution in [0, 0.1) is 19.8 Å². The maximum Gasteiger partial charge on any atom is 0.303 e. The molecule has 2 heterocycles. The molecular weight excluding hydrogens is 302 g/mol. The zero-order chi connectivity index (χ0) is 16.3. The van der Waals surface area contributed by atoms with E-state index in [1.54, 1.807) is 13.1 Å². The summed E-state index contributed by atoms with van der Waals surface area (Å²) in [7, 11) is 0. The normalized spacial score (nSPS) is 12.1. The van der Waals surface area contributed by atoms with Crippen LogP contribution in [0.4, 0.5) is 0 Å². The van der Waals surface area contributed by atoms with Gasteiger partial charge in [-0.05, 0) is 25.8 Å². The first kappa shape index (κ1) is 16.2. The number of hydrogen-bond acceptors (Lipinski definition) is 4. The fourth-order valence-electron chi connectivity index (χ4n) is 2.35. The van der Waals surface area contributed by atoms with Gasteiger partial charge in [-0.15, -0.1) is 11.3 Å². The molecule has 1 atom stereocenters. The van der Waals surface area contributed by atoms with Crippen molar-refractivity contribution in [1.82, 2.24) is 14.9 Å². The first-order chi connectivity index (χ1) is 10.4. The van der Waals surface area contributed by atoms with E-state index >= 15 is 0 Å². The number of nitrogens with one attached hydrogen (secondary N) is 1. The number of hydrogen-bond donors (Lipinski definition) is 2. The van der Waals surface area contributed by atoms with Gasteiger partial charge in [0.05, 0.1) is 5.56 Å². The van der Waals surface area contributed by atoms with E-state index in [1.807, 2.05) is 29.9 Å². The van der Waals surface area contributed by atoms with E-state index in [0.717, 1.165) is 16.5 Å². The van der Waals surface area contributed by atoms with Crippen molar-refractivity contribution in [2.45, 2.75) is 27.2 Å². The molecule has 0 aliphatic heterocycles. The number of carbonyl (C=O) groups is 2. The van der Waals surface area contributed by atoms with E-state index in [1.165, 1.54) is 11.3 Å². The highest BCUT2D eigenvalue weighted by Crippen LogP contribution is 2.22. The summed E-state index contributed by atoms with van der Waals surface area (Å²) in [5.74, 6) is -1.15. The molecule has 2 aromatic heterocycles. The van der Waals surface area contributed by atoms with Gasteiger partial charge in [-0.25, -0.2) is 4.98 Å². The van der Waals surface area contributed by atoms with Gasteiger partial charge in [0.1, 0.15) is 0 Å². The van der Waals surface area contributed by atoms with Crippen LogP contribution in [-0.2, 0) is 4.79 Å². The molecule has 2 N–H and O–H groups in total. The predicted molar refractivity (Wildman–Crippen MR) is 84.7 cm³/mol. The van der Waals surface area contributed by atoms with Crippen molar-refractivity contribution < 1.29 is 14.7 Å². The summed E-state index contributed by atoms with van der Waals surface area (Å²) < 4.78 is 1.94. The summed E-state index contributed by atoms with van der Waals surface area (Å²) in [6, 6.07) is 1.83. The minimum atomic E-state index is -0.858. The maximum absolute atomic E-state index is 12.3. The monoisotopic (exact) mass is 321 g/mol. The molecule has 0 radical (unpaired) electrons. The second-order valence-corrected chi connectivity index (χ2v) is 6.22. The lowest BCUT2D eigenvalue weighted by atomic mass is 10.1. The molecule has 22 heavy (non-hydrogen) atoms. The fourth-order valence-corrected chi connectivity index (χ4v) is 3.10. The van der Waals surface area contributed by atoms with Crippen molar-refractivity contribution in [2.24, 2.45) is 5.92 Å². The Kier molecular flexibility index (Phi) is 4.97. The molecular formula is C15H19N3O3S. The Bertz CT molecular complexity index is 677. The number of nitrogens with zero attached hydrogens (tertiary/aromatic N) is 2. The van der Waals surface area contributed by atoms with Gasteiger partial charge in [0.25, 0.3) is 5.91 Å². The van der Waals surface area contributed by atoms with E-state index in [9.17, 15) is 9.59 Å². The Balaban J connectivity index is 2.11. The van der Waals surface area contributed by atoms with Gasteiger partial charge >= 0.3 is 5.97 Å². The molecule has 0 aliphatic carbocycles. The average Bonchev–Trinajstić information content (AvgIpc) is 3.03. The molecule has 2 rings (SSSR count). The van der Waals surface area contributed by atoms with Crippen molar-refractivity contribution in [2.75, 3.05) is 6.54 Å². The van der Waals surface area contributed by atoms with Gasteiger partial charge in [-0.2, -0.15) is 0 Å². The summed E-state index contributed by atoms with van der Waals surface area (Å²) in [6.45, 7) is 5.95. The molecule has 0 saturated carbocycles. The van der Waals surface area contributed by atoms with Gasteiger partial charge in [-0.1, -0.05) is 6.92 Å². The van der Waals surface area contributed by atoms with Gasteiger partial charge in [-0.3, -0.25) is 14.2 Å². The molecule has 1 unspecified atom stereocenters. The van der Waals surface area contributed by atoms with Crippen LogP contribution in [0.5, 0.6) is 0 Å².